The molecule has 12 nitrogen and oxygen atoms in total. The van der Waals surface area contributed by atoms with Gasteiger partial charge in [-0.15, -0.1) is 0 Å². The van der Waals surface area contributed by atoms with E-state index in [4.69, 9.17) is 16.0 Å². The maximum Gasteiger partial charge on any atom is 0.416 e. The fourth-order valence-corrected chi connectivity index (χ4v) is 5.05. The van der Waals surface area contributed by atoms with Gasteiger partial charge in [0.2, 0.25) is 5.91 Å². The normalized spacial score (nSPS) is 16.0. The van der Waals surface area contributed by atoms with E-state index in [9.17, 15) is 22.8 Å². The number of halogens is 3. The molecule has 2 amide bonds. The van der Waals surface area contributed by atoms with Gasteiger partial charge in [-0.2, -0.15) is 18.3 Å². The van der Waals surface area contributed by atoms with Crippen molar-refractivity contribution in [1.29, 1.82) is 0 Å². The van der Waals surface area contributed by atoms with Gasteiger partial charge in [-0.3, -0.25) is 14.8 Å². The molecule has 5 N–H and O–H groups in total. The number of fused-ring (bicyclic) bond motifs is 1. The van der Waals surface area contributed by atoms with Crippen LogP contribution in [0.4, 0.5) is 24.8 Å². The molecule has 5 rings (SSSR count). The molecule has 0 spiro atoms. The standard InChI is InChI=1S/C27H28F3N9O3/c28-27(29,30)18-9-10-32-20(13-18)35-26(41)17-7-5-16(6-8-17)23-22-24(31)33-15-34-25(22)39(36-23)19-3-1-11-38(14-19)12-2-4-21(40)37-42/h5-10,13,15,19,42H,1-4,11-12,14H2,(H,37,40)(H2,31,33,34)(H,32,35,41). The molecule has 1 aliphatic heterocycles. The third kappa shape index (κ3) is 6.31. The lowest BCUT2D eigenvalue weighted by Gasteiger charge is -2.32. The molecule has 3 aromatic heterocycles. The Bertz CT molecular complexity index is 1590. The fourth-order valence-electron chi connectivity index (χ4n) is 5.05. The number of benzene rings is 1. The van der Waals surface area contributed by atoms with E-state index in [1.807, 2.05) is 4.68 Å². The molecule has 4 heterocycles. The quantitative estimate of drug-likeness (QED) is 0.179. The summed E-state index contributed by atoms with van der Waals surface area (Å²) in [4.78, 5) is 38.7. The van der Waals surface area contributed by atoms with E-state index >= 15 is 0 Å². The number of hydroxylamine groups is 1. The zero-order chi connectivity index (χ0) is 29.9. The number of alkyl halides is 3. The molecule has 4 aromatic rings. The van der Waals surface area contributed by atoms with Crippen molar-refractivity contribution in [3.63, 3.8) is 0 Å². The number of nitrogens with zero attached hydrogens (tertiary/aromatic N) is 6. The summed E-state index contributed by atoms with van der Waals surface area (Å²) in [5, 5.41) is 16.5. The highest BCUT2D eigenvalue weighted by molar-refractivity contribution is 6.04. The summed E-state index contributed by atoms with van der Waals surface area (Å²) >= 11 is 0. The molecule has 0 radical (unpaired) electrons. The lowest BCUT2D eigenvalue weighted by molar-refractivity contribution is -0.137. The predicted molar refractivity (Wildman–Crippen MR) is 146 cm³/mol. The molecule has 1 saturated heterocycles. The molecule has 1 unspecified atom stereocenters. The van der Waals surface area contributed by atoms with Crippen LogP contribution in [-0.2, 0) is 11.0 Å². The molecular weight excluding hydrogens is 555 g/mol. The zero-order valence-corrected chi connectivity index (χ0v) is 22.3. The number of hydrogen-bond acceptors (Lipinski definition) is 9. The second-order valence-electron chi connectivity index (χ2n) is 9.94. The third-order valence-corrected chi connectivity index (χ3v) is 7.10. The summed E-state index contributed by atoms with van der Waals surface area (Å²) in [5.41, 5.74) is 8.95. The maximum absolute atomic E-state index is 13.0. The predicted octanol–water partition coefficient (Wildman–Crippen LogP) is 3.66. The second kappa shape index (κ2) is 12.1. The molecule has 220 valence electrons. The molecule has 0 aliphatic carbocycles. The minimum atomic E-state index is -4.56. The highest BCUT2D eigenvalue weighted by Gasteiger charge is 2.31. The molecule has 1 fully saturated rings. The minimum absolute atomic E-state index is 0.0130. The van der Waals surface area contributed by atoms with Crippen LogP contribution < -0.4 is 16.5 Å². The van der Waals surface area contributed by atoms with Crippen LogP contribution in [-0.4, -0.2) is 66.3 Å². The van der Waals surface area contributed by atoms with Crippen LogP contribution in [0, 0.1) is 0 Å². The number of pyridine rings is 1. The number of nitrogens with two attached hydrogens (primary N) is 1. The molecule has 0 bridgehead atoms. The number of piperidine rings is 1. The number of carbonyl (C=O) groups is 2. The Morgan fingerprint density at radius 3 is 2.64 bits per heavy atom. The van der Waals surface area contributed by atoms with Gasteiger partial charge in [0, 0.05) is 30.3 Å². The van der Waals surface area contributed by atoms with E-state index in [-0.39, 0.29) is 29.7 Å². The van der Waals surface area contributed by atoms with E-state index in [0.29, 0.717) is 41.8 Å². The number of nitrogens with one attached hydrogen (secondary N) is 2. The van der Waals surface area contributed by atoms with Gasteiger partial charge in [0.25, 0.3) is 5.91 Å². The Labute approximate surface area is 237 Å². The summed E-state index contributed by atoms with van der Waals surface area (Å²) in [6, 6.07) is 8.00. The van der Waals surface area contributed by atoms with Crippen molar-refractivity contribution in [2.45, 2.75) is 37.9 Å². The van der Waals surface area contributed by atoms with Gasteiger partial charge in [-0.05, 0) is 56.6 Å². The number of likely N-dealkylation sites (tertiary alicyclic amines) is 1. The van der Waals surface area contributed by atoms with Crippen molar-refractivity contribution >= 4 is 34.5 Å². The Morgan fingerprint density at radius 1 is 1.12 bits per heavy atom. The van der Waals surface area contributed by atoms with Crippen molar-refractivity contribution < 1.29 is 28.0 Å². The first kappa shape index (κ1) is 28.9. The van der Waals surface area contributed by atoms with Gasteiger partial charge in [-0.1, -0.05) is 12.1 Å². The van der Waals surface area contributed by atoms with Gasteiger partial charge in [0.1, 0.15) is 23.7 Å². The SMILES string of the molecule is Nc1ncnc2c1c(-c1ccc(C(=O)Nc3cc(C(F)(F)F)ccn3)cc1)nn2C1CCCN(CCCC(=O)NO)C1. The van der Waals surface area contributed by atoms with E-state index in [2.05, 4.69) is 25.2 Å². The van der Waals surface area contributed by atoms with E-state index in [1.54, 1.807) is 17.6 Å². The Hall–Kier alpha value is -4.63. The van der Waals surface area contributed by atoms with Crippen molar-refractivity contribution in [1.82, 2.24) is 35.1 Å². The number of nitrogen functional groups attached to an aromatic ring is 1. The second-order valence-corrected chi connectivity index (χ2v) is 9.94. The van der Waals surface area contributed by atoms with E-state index in [0.717, 1.165) is 37.7 Å². The molecule has 1 aliphatic rings. The summed E-state index contributed by atoms with van der Waals surface area (Å²) in [6.07, 6.45) is 0.398. The Morgan fingerprint density at radius 2 is 1.90 bits per heavy atom. The minimum Gasteiger partial charge on any atom is -0.383 e. The van der Waals surface area contributed by atoms with Crippen LogP contribution in [0.1, 0.15) is 47.6 Å². The van der Waals surface area contributed by atoms with Crippen LogP contribution in [0.3, 0.4) is 0 Å². The first-order chi connectivity index (χ1) is 20.1. The number of rotatable bonds is 8. The average molecular weight is 584 g/mol. The van der Waals surface area contributed by atoms with Crippen molar-refractivity contribution in [2.24, 2.45) is 0 Å². The van der Waals surface area contributed by atoms with Gasteiger partial charge < -0.3 is 16.0 Å². The van der Waals surface area contributed by atoms with Gasteiger partial charge in [0.05, 0.1) is 17.0 Å². The van der Waals surface area contributed by atoms with Crippen molar-refractivity contribution in [3.8, 4) is 11.3 Å². The molecule has 42 heavy (non-hydrogen) atoms. The molecule has 1 aromatic carbocycles. The first-order valence-corrected chi connectivity index (χ1v) is 13.2. The fraction of sp³-hybridized carbons (Fsp3) is 0.333. The number of hydrogen-bond donors (Lipinski definition) is 4. The van der Waals surface area contributed by atoms with Crippen LogP contribution in [0.25, 0.3) is 22.3 Å². The summed E-state index contributed by atoms with van der Waals surface area (Å²) in [5.74, 6) is -1.01. The topological polar surface area (TPSA) is 164 Å². The Balaban J connectivity index is 1.36. The molecule has 15 heteroatoms. The van der Waals surface area contributed by atoms with Crippen LogP contribution in [0.15, 0.2) is 48.9 Å². The highest BCUT2D eigenvalue weighted by atomic mass is 19.4. The van der Waals surface area contributed by atoms with Crippen LogP contribution in [0.5, 0.6) is 0 Å². The average Bonchev–Trinajstić information content (AvgIpc) is 3.38. The summed E-state index contributed by atoms with van der Waals surface area (Å²) in [7, 11) is 0. The lowest BCUT2D eigenvalue weighted by atomic mass is 10.1. The molecule has 1 atom stereocenters. The van der Waals surface area contributed by atoms with Gasteiger partial charge >= 0.3 is 6.18 Å². The largest absolute Gasteiger partial charge is 0.416 e. The third-order valence-electron chi connectivity index (χ3n) is 7.10. The number of anilines is 2. The van der Waals surface area contributed by atoms with Gasteiger partial charge in [0.15, 0.2) is 5.65 Å². The van der Waals surface area contributed by atoms with Gasteiger partial charge in [-0.25, -0.2) is 25.1 Å². The van der Waals surface area contributed by atoms with Crippen LogP contribution in [0.2, 0.25) is 0 Å². The Kier molecular flexibility index (Phi) is 8.31. The number of carbonyl (C=O) groups excluding carboxylic acids is 2. The first-order valence-electron chi connectivity index (χ1n) is 13.2. The molecular formula is C27H28F3N9O3. The van der Waals surface area contributed by atoms with Crippen molar-refractivity contribution in [2.75, 3.05) is 30.7 Å². The maximum atomic E-state index is 13.0. The van der Waals surface area contributed by atoms with Crippen molar-refractivity contribution in [3.05, 3.63) is 60.0 Å². The number of amides is 2. The van der Waals surface area contributed by atoms with Crippen LogP contribution >= 0.6 is 0 Å². The highest BCUT2D eigenvalue weighted by Crippen LogP contribution is 2.34. The van der Waals surface area contributed by atoms with E-state index in [1.165, 1.54) is 18.5 Å². The summed E-state index contributed by atoms with van der Waals surface area (Å²) < 4.78 is 40.9. The number of aromatic nitrogens is 5. The smallest absolute Gasteiger partial charge is 0.383 e. The molecule has 0 saturated carbocycles. The van der Waals surface area contributed by atoms with E-state index < -0.39 is 23.6 Å². The zero-order valence-electron chi connectivity index (χ0n) is 22.3. The monoisotopic (exact) mass is 583 g/mol. The summed E-state index contributed by atoms with van der Waals surface area (Å²) in [6.45, 7) is 2.25. The lowest BCUT2D eigenvalue weighted by Crippen LogP contribution is -2.38.